The van der Waals surface area contributed by atoms with Crippen LogP contribution in [0, 0.1) is 0 Å². The molecule has 134 valence electrons. The Bertz CT molecular complexity index is 714. The Hall–Kier alpha value is -2.11. The maximum atomic E-state index is 8.89. The lowest BCUT2D eigenvalue weighted by Crippen LogP contribution is -2.17. The Labute approximate surface area is 149 Å². The normalized spacial score (nSPS) is 14.2. The zero-order valence-electron chi connectivity index (χ0n) is 14.9. The maximum Gasteiger partial charge on any atom is 0.164 e. The van der Waals surface area contributed by atoms with Gasteiger partial charge in [-0.3, -0.25) is 4.98 Å². The van der Waals surface area contributed by atoms with Crippen LogP contribution in [0.2, 0.25) is 0 Å². The molecule has 1 aromatic heterocycles. The van der Waals surface area contributed by atoms with E-state index in [0.29, 0.717) is 19.0 Å². The molecule has 3 rings (SSSR count). The zero-order valence-corrected chi connectivity index (χ0v) is 14.9. The van der Waals surface area contributed by atoms with E-state index in [0.717, 1.165) is 28.3 Å². The van der Waals surface area contributed by atoms with Crippen LogP contribution in [0.3, 0.4) is 0 Å². The summed E-state index contributed by atoms with van der Waals surface area (Å²) in [7, 11) is 3.38. The average Bonchev–Trinajstić information content (AvgIpc) is 2.60. The van der Waals surface area contributed by atoms with E-state index < -0.39 is 0 Å². The van der Waals surface area contributed by atoms with Crippen molar-refractivity contribution in [3.05, 3.63) is 41.6 Å². The highest BCUT2D eigenvalue weighted by atomic mass is 16.5. The fourth-order valence-electron chi connectivity index (χ4n) is 3.22. The molecular weight excluding hydrogens is 316 g/mol. The van der Waals surface area contributed by atoms with Crippen LogP contribution in [0.1, 0.15) is 36.3 Å². The van der Waals surface area contributed by atoms with E-state index in [4.69, 9.17) is 14.6 Å². The minimum Gasteiger partial charge on any atom is -0.493 e. The number of ether oxygens (including phenoxy) is 2. The third-order valence-electron chi connectivity index (χ3n) is 4.79. The summed E-state index contributed by atoms with van der Waals surface area (Å²) in [6.07, 6.45) is 5.48. The van der Waals surface area contributed by atoms with Gasteiger partial charge in [-0.2, -0.15) is 0 Å². The van der Waals surface area contributed by atoms with Gasteiger partial charge in [0, 0.05) is 30.4 Å². The van der Waals surface area contributed by atoms with E-state index in [-0.39, 0.29) is 6.61 Å². The lowest BCUT2D eigenvalue weighted by molar-refractivity contribution is 0.292. The molecule has 0 unspecified atom stereocenters. The van der Waals surface area contributed by atoms with Crippen LogP contribution < -0.4 is 14.8 Å². The second-order valence-electron chi connectivity index (χ2n) is 6.38. The molecule has 0 aliphatic heterocycles. The molecule has 0 bridgehead atoms. The molecule has 0 amide bonds. The molecular formula is C20H26N2O3. The number of aliphatic hydroxyl groups is 1. The molecule has 2 aromatic rings. The number of hydrogen-bond acceptors (Lipinski definition) is 5. The Morgan fingerprint density at radius 2 is 2.04 bits per heavy atom. The molecule has 1 aliphatic rings. The molecule has 0 radical (unpaired) electrons. The topological polar surface area (TPSA) is 63.6 Å². The van der Waals surface area contributed by atoms with Gasteiger partial charge in [0.2, 0.25) is 0 Å². The van der Waals surface area contributed by atoms with Gasteiger partial charge in [0.1, 0.15) is 0 Å². The number of hydrogen-bond donors (Lipinski definition) is 2. The largest absolute Gasteiger partial charge is 0.493 e. The molecule has 0 saturated heterocycles. The van der Waals surface area contributed by atoms with E-state index in [9.17, 15) is 0 Å². The van der Waals surface area contributed by atoms with E-state index in [1.807, 2.05) is 18.3 Å². The lowest BCUT2D eigenvalue weighted by atomic mass is 9.79. The van der Waals surface area contributed by atoms with Crippen LogP contribution in [0.4, 0.5) is 0 Å². The van der Waals surface area contributed by atoms with Crippen molar-refractivity contribution in [1.82, 2.24) is 10.3 Å². The average molecular weight is 342 g/mol. The second kappa shape index (κ2) is 8.32. The van der Waals surface area contributed by atoms with Gasteiger partial charge in [0.05, 0.1) is 26.5 Å². The molecule has 5 nitrogen and oxygen atoms in total. The summed E-state index contributed by atoms with van der Waals surface area (Å²) in [6, 6.07) is 8.25. The first-order valence-electron chi connectivity index (χ1n) is 8.79. The smallest absolute Gasteiger partial charge is 0.164 e. The highest BCUT2D eigenvalue weighted by molar-refractivity contribution is 5.67. The van der Waals surface area contributed by atoms with Crippen LogP contribution in [0.25, 0.3) is 11.3 Å². The van der Waals surface area contributed by atoms with Crippen molar-refractivity contribution in [2.75, 3.05) is 27.4 Å². The van der Waals surface area contributed by atoms with Gasteiger partial charge in [0.15, 0.2) is 11.5 Å². The van der Waals surface area contributed by atoms with E-state index in [2.05, 4.69) is 22.4 Å². The van der Waals surface area contributed by atoms with Crippen molar-refractivity contribution in [3.63, 3.8) is 0 Å². The Morgan fingerprint density at radius 3 is 2.68 bits per heavy atom. The highest BCUT2D eigenvalue weighted by Crippen LogP contribution is 2.46. The number of pyridine rings is 1. The summed E-state index contributed by atoms with van der Waals surface area (Å²) < 4.78 is 11.2. The summed E-state index contributed by atoms with van der Waals surface area (Å²) in [4.78, 5) is 4.54. The van der Waals surface area contributed by atoms with Crippen LogP contribution >= 0.6 is 0 Å². The minimum atomic E-state index is 0.137. The molecule has 1 aliphatic carbocycles. The summed E-state index contributed by atoms with van der Waals surface area (Å²) in [6.45, 7) is 1.43. The van der Waals surface area contributed by atoms with Gasteiger partial charge in [-0.15, -0.1) is 0 Å². The van der Waals surface area contributed by atoms with Crippen LogP contribution in [-0.2, 0) is 6.54 Å². The van der Waals surface area contributed by atoms with E-state index in [1.165, 1.54) is 24.8 Å². The van der Waals surface area contributed by atoms with Crippen molar-refractivity contribution in [2.45, 2.75) is 31.7 Å². The Morgan fingerprint density at radius 1 is 1.20 bits per heavy atom. The molecule has 1 heterocycles. The van der Waals surface area contributed by atoms with Gasteiger partial charge in [-0.1, -0.05) is 6.42 Å². The maximum absolute atomic E-state index is 8.89. The molecule has 5 heteroatoms. The zero-order chi connectivity index (χ0) is 17.6. The predicted molar refractivity (Wildman–Crippen MR) is 98.2 cm³/mol. The summed E-state index contributed by atoms with van der Waals surface area (Å²) in [5, 5.41) is 12.1. The van der Waals surface area contributed by atoms with Gasteiger partial charge in [0.25, 0.3) is 0 Å². The third kappa shape index (κ3) is 3.94. The van der Waals surface area contributed by atoms with Crippen LogP contribution in [0.5, 0.6) is 11.5 Å². The third-order valence-corrected chi connectivity index (χ3v) is 4.79. The number of aliphatic hydroxyl groups excluding tert-OH is 1. The number of methoxy groups -OCH3 is 2. The van der Waals surface area contributed by atoms with Gasteiger partial charge in [-0.25, -0.2) is 0 Å². The van der Waals surface area contributed by atoms with Gasteiger partial charge in [-0.05, 0) is 48.6 Å². The predicted octanol–water partition coefficient (Wildman–Crippen LogP) is 3.12. The number of aromatic nitrogens is 1. The summed E-state index contributed by atoms with van der Waals surface area (Å²) >= 11 is 0. The number of nitrogens with one attached hydrogen (secondary N) is 1. The Kier molecular flexibility index (Phi) is 5.89. The molecule has 1 saturated carbocycles. The molecule has 1 aromatic carbocycles. The van der Waals surface area contributed by atoms with Crippen LogP contribution in [-0.4, -0.2) is 37.5 Å². The summed E-state index contributed by atoms with van der Waals surface area (Å²) in [5.74, 6) is 2.14. The SMILES string of the molecule is COc1cc(-c2cc(CNCCO)ccn2)cc(C2CCC2)c1OC. The van der Waals surface area contributed by atoms with E-state index in [1.54, 1.807) is 14.2 Å². The first kappa shape index (κ1) is 17.7. The van der Waals surface area contributed by atoms with Crippen molar-refractivity contribution < 1.29 is 14.6 Å². The number of benzene rings is 1. The monoisotopic (exact) mass is 342 g/mol. The summed E-state index contributed by atoms with van der Waals surface area (Å²) in [5.41, 5.74) is 4.32. The van der Waals surface area contributed by atoms with Gasteiger partial charge < -0.3 is 19.9 Å². The standard InChI is InChI=1S/C20H26N2O3/c1-24-19-12-16(11-17(20(19)25-2)15-4-3-5-15)18-10-14(6-7-22-18)13-21-8-9-23/h6-7,10-12,15,21,23H,3-5,8-9,13H2,1-2H3. The van der Waals surface area contributed by atoms with Crippen molar-refractivity contribution in [2.24, 2.45) is 0 Å². The molecule has 0 atom stereocenters. The molecule has 0 spiro atoms. The number of nitrogens with zero attached hydrogens (tertiary/aromatic N) is 1. The highest BCUT2D eigenvalue weighted by Gasteiger charge is 2.26. The molecule has 25 heavy (non-hydrogen) atoms. The lowest BCUT2D eigenvalue weighted by Gasteiger charge is -2.28. The van der Waals surface area contributed by atoms with E-state index >= 15 is 0 Å². The van der Waals surface area contributed by atoms with Crippen molar-refractivity contribution in [1.29, 1.82) is 0 Å². The molecule has 2 N–H and O–H groups in total. The second-order valence-corrected chi connectivity index (χ2v) is 6.38. The fraction of sp³-hybridized carbons (Fsp3) is 0.450. The minimum absolute atomic E-state index is 0.137. The number of rotatable bonds is 8. The van der Waals surface area contributed by atoms with Gasteiger partial charge >= 0.3 is 0 Å². The van der Waals surface area contributed by atoms with Crippen molar-refractivity contribution in [3.8, 4) is 22.8 Å². The van der Waals surface area contributed by atoms with Crippen LogP contribution in [0.15, 0.2) is 30.5 Å². The molecule has 1 fully saturated rings. The fourth-order valence-corrected chi connectivity index (χ4v) is 3.22. The van der Waals surface area contributed by atoms with Crippen molar-refractivity contribution >= 4 is 0 Å². The Balaban J connectivity index is 1.95. The quantitative estimate of drug-likeness (QED) is 0.722. The first-order valence-corrected chi connectivity index (χ1v) is 8.79. The first-order chi connectivity index (χ1) is 12.3.